The monoisotopic (exact) mass is 278 g/mol. The highest BCUT2D eigenvalue weighted by Gasteiger charge is 2.67. The summed E-state index contributed by atoms with van der Waals surface area (Å²) in [6.45, 7) is 0. The van der Waals surface area contributed by atoms with Gasteiger partial charge in [0.15, 0.2) is 0 Å². The van der Waals surface area contributed by atoms with Crippen LogP contribution in [-0.2, 0) is 4.74 Å². The molecule has 0 atom stereocenters. The van der Waals surface area contributed by atoms with Gasteiger partial charge in [0, 0.05) is 0 Å². The molecule has 98 valence electrons. The molecule has 1 aromatic carbocycles. The van der Waals surface area contributed by atoms with Crippen LogP contribution in [0.15, 0.2) is 24.3 Å². The maximum atomic E-state index is 11.9. The first-order valence-corrected chi connectivity index (χ1v) is 5.91. The van der Waals surface area contributed by atoms with Gasteiger partial charge in [0.2, 0.25) is 0 Å². The zero-order valence-corrected chi connectivity index (χ0v) is 9.15. The van der Waals surface area contributed by atoms with Crippen LogP contribution in [-0.4, -0.2) is 13.1 Å². The predicted molar refractivity (Wildman–Crippen MR) is 51.5 cm³/mol. The Hall–Kier alpha value is -1.51. The Bertz CT molecular complexity index is 438. The average molecular weight is 278 g/mol. The van der Waals surface area contributed by atoms with Gasteiger partial charge < -0.3 is 8.92 Å². The molecule has 0 radical (unpaired) electrons. The lowest BCUT2D eigenvalue weighted by Gasteiger charge is -2.39. The van der Waals surface area contributed by atoms with Crippen LogP contribution in [0.25, 0.3) is 0 Å². The second-order valence-electron chi connectivity index (χ2n) is 3.00. The van der Waals surface area contributed by atoms with E-state index in [-0.39, 0.29) is 5.56 Å². The molecule has 0 saturated carbocycles. The van der Waals surface area contributed by atoms with E-state index < -0.39 is 22.2 Å². The number of benzene rings is 1. The van der Waals surface area contributed by atoms with Gasteiger partial charge in [0.1, 0.15) is 5.75 Å². The van der Waals surface area contributed by atoms with E-state index >= 15 is 0 Å². The van der Waals surface area contributed by atoms with Crippen LogP contribution in [0.3, 0.4) is 0 Å². The number of hydrogen-bond donors (Lipinski definition) is 0. The third kappa shape index (κ3) is 4.89. The van der Waals surface area contributed by atoms with Crippen LogP contribution in [0.2, 0.25) is 0 Å². The summed E-state index contributed by atoms with van der Waals surface area (Å²) in [5.41, 5.74) is -0.0815. The molecule has 0 unspecified atom stereocenters. The maximum Gasteiger partial charge on any atom is 0.435 e. The van der Waals surface area contributed by atoms with Gasteiger partial charge in [-0.05, 0) is 24.3 Å². The van der Waals surface area contributed by atoms with Crippen LogP contribution in [0.1, 0.15) is 10.4 Å². The summed E-state index contributed by atoms with van der Waals surface area (Å²) in [7, 11) is -8.89. The van der Waals surface area contributed by atoms with Crippen molar-refractivity contribution in [1.82, 2.24) is 0 Å². The summed E-state index contributed by atoms with van der Waals surface area (Å²) >= 11 is 0. The summed E-state index contributed by atoms with van der Waals surface area (Å²) in [6, 6.07) is 2.96. The van der Waals surface area contributed by atoms with Gasteiger partial charge in [-0.15, -0.1) is 0 Å². The fourth-order valence-corrected chi connectivity index (χ4v) is 1.42. The molecule has 1 aromatic rings. The molecular formula is C8H7F5O3S. The fourth-order valence-electron chi connectivity index (χ4n) is 0.946. The molecule has 1 rings (SSSR count). The molecule has 3 nitrogen and oxygen atoms in total. The zero-order chi connectivity index (χ0) is 13.4. The molecule has 9 heteroatoms. The second-order valence-corrected chi connectivity index (χ2v) is 4.96. The number of carbonyl (C=O) groups excluding carboxylic acids is 1. The van der Waals surface area contributed by atoms with Crippen molar-refractivity contribution in [3.05, 3.63) is 29.8 Å². The minimum absolute atomic E-state index is 0.0815. The number of hydrogen-bond acceptors (Lipinski definition) is 3. The quantitative estimate of drug-likeness (QED) is 0.617. The molecular weight excluding hydrogens is 271 g/mol. The molecule has 0 spiro atoms. The van der Waals surface area contributed by atoms with Gasteiger partial charge in [-0.2, -0.15) is 0 Å². The van der Waals surface area contributed by atoms with Gasteiger partial charge in [-0.1, -0.05) is 19.4 Å². The Morgan fingerprint density at radius 1 is 1.06 bits per heavy atom. The van der Waals surface area contributed by atoms with E-state index in [1.807, 2.05) is 0 Å². The summed E-state index contributed by atoms with van der Waals surface area (Å²) in [6.07, 6.45) is 0. The molecule has 0 saturated heterocycles. The molecule has 0 aliphatic carbocycles. The molecule has 0 bridgehead atoms. The SMILES string of the molecule is COC(=O)c1ccc(OS(F)(F)(F)(F)F)cc1. The van der Waals surface area contributed by atoms with Crippen molar-refractivity contribution >= 4 is 16.5 Å². The van der Waals surface area contributed by atoms with Crippen molar-refractivity contribution in [2.75, 3.05) is 7.11 Å². The summed E-state index contributed by atoms with van der Waals surface area (Å²) in [5, 5.41) is 0. The van der Waals surface area contributed by atoms with E-state index in [4.69, 9.17) is 0 Å². The minimum Gasteiger partial charge on any atom is -0.465 e. The van der Waals surface area contributed by atoms with Crippen molar-refractivity contribution in [2.45, 2.75) is 0 Å². The van der Waals surface area contributed by atoms with Gasteiger partial charge in [-0.3, -0.25) is 0 Å². The minimum atomic E-state index is -9.96. The van der Waals surface area contributed by atoms with E-state index in [1.54, 1.807) is 0 Å². The number of esters is 1. The van der Waals surface area contributed by atoms with Crippen molar-refractivity contribution in [3.63, 3.8) is 0 Å². The van der Waals surface area contributed by atoms with E-state index in [2.05, 4.69) is 8.92 Å². The lowest BCUT2D eigenvalue weighted by atomic mass is 10.2. The molecule has 0 N–H and O–H groups in total. The van der Waals surface area contributed by atoms with Crippen LogP contribution in [0, 0.1) is 0 Å². The van der Waals surface area contributed by atoms with E-state index in [0.717, 1.165) is 19.2 Å². The number of halogens is 5. The van der Waals surface area contributed by atoms with Crippen molar-refractivity contribution < 1.29 is 33.1 Å². The van der Waals surface area contributed by atoms with Crippen LogP contribution in [0.5, 0.6) is 5.75 Å². The zero-order valence-electron chi connectivity index (χ0n) is 8.33. The molecule has 0 fully saturated rings. The van der Waals surface area contributed by atoms with Gasteiger partial charge >= 0.3 is 16.5 Å². The molecule has 0 aliphatic rings. The molecule has 17 heavy (non-hydrogen) atoms. The highest BCUT2D eigenvalue weighted by Crippen LogP contribution is 2.97. The van der Waals surface area contributed by atoms with Gasteiger partial charge in [0.05, 0.1) is 12.7 Å². The first kappa shape index (κ1) is 13.6. The lowest BCUT2D eigenvalue weighted by Crippen LogP contribution is -2.14. The lowest BCUT2D eigenvalue weighted by molar-refractivity contribution is 0.0600. The van der Waals surface area contributed by atoms with Crippen LogP contribution >= 0.6 is 10.5 Å². The standard InChI is InChI=1S/C8H7F5O3S/c1-15-8(14)6-2-4-7(5-3-6)16-17(9,10,11,12)13/h2-5H,1H3. The predicted octanol–water partition coefficient (Wildman–Crippen LogP) is 4.07. The Balaban J connectivity index is 2.95. The molecule has 0 amide bonds. The third-order valence-electron chi connectivity index (χ3n) is 1.53. The van der Waals surface area contributed by atoms with Crippen LogP contribution < -0.4 is 4.18 Å². The summed E-state index contributed by atoms with van der Waals surface area (Å²) < 4.78 is 66.6. The third-order valence-corrected chi connectivity index (χ3v) is 2.04. The van der Waals surface area contributed by atoms with E-state index in [0.29, 0.717) is 12.1 Å². The highest BCUT2D eigenvalue weighted by atomic mass is 32.5. The van der Waals surface area contributed by atoms with Crippen molar-refractivity contribution in [2.24, 2.45) is 0 Å². The number of rotatable bonds is 3. The number of ether oxygens (including phenoxy) is 1. The van der Waals surface area contributed by atoms with Gasteiger partial charge in [0.25, 0.3) is 0 Å². The van der Waals surface area contributed by atoms with Crippen molar-refractivity contribution in [1.29, 1.82) is 0 Å². The fraction of sp³-hybridized carbons (Fsp3) is 0.125. The highest BCUT2D eigenvalue weighted by molar-refractivity contribution is 8.42. The first-order valence-electron chi connectivity index (χ1n) is 4.03. The molecule has 0 aliphatic heterocycles. The normalized spacial score (nSPS) is 15.6. The van der Waals surface area contributed by atoms with E-state index in [1.165, 1.54) is 0 Å². The largest absolute Gasteiger partial charge is 0.465 e. The Labute approximate surface area is 93.1 Å². The maximum absolute atomic E-state index is 11.9. The average Bonchev–Trinajstić information content (AvgIpc) is 2.13. The van der Waals surface area contributed by atoms with Crippen molar-refractivity contribution in [3.8, 4) is 5.75 Å². The Morgan fingerprint density at radius 3 is 1.88 bits per heavy atom. The van der Waals surface area contributed by atoms with E-state index in [9.17, 15) is 24.2 Å². The second kappa shape index (κ2) is 3.25. The smallest absolute Gasteiger partial charge is 0.435 e. The Kier molecular flexibility index (Phi) is 2.59. The molecule has 0 aromatic heterocycles. The number of methoxy groups -OCH3 is 1. The summed E-state index contributed by atoms with van der Waals surface area (Å²) in [4.78, 5) is 10.9. The molecule has 0 heterocycles. The summed E-state index contributed by atoms with van der Waals surface area (Å²) in [5.74, 6) is -1.90. The topological polar surface area (TPSA) is 35.5 Å². The number of carbonyl (C=O) groups is 1. The van der Waals surface area contributed by atoms with Crippen LogP contribution in [0.4, 0.5) is 19.4 Å². The van der Waals surface area contributed by atoms with Gasteiger partial charge in [-0.25, -0.2) is 4.79 Å². The Morgan fingerprint density at radius 2 is 1.53 bits per heavy atom. The first-order chi connectivity index (χ1) is 7.40.